The number of benzene rings is 1. The summed E-state index contributed by atoms with van der Waals surface area (Å²) in [5.41, 5.74) is 2.10. The summed E-state index contributed by atoms with van der Waals surface area (Å²) in [6, 6.07) is 10.6. The Bertz CT molecular complexity index is 856. The average molecular weight is 344 g/mol. The lowest BCUT2D eigenvalue weighted by Crippen LogP contribution is -2.22. The highest BCUT2D eigenvalue weighted by Crippen LogP contribution is 2.15. The number of imidazole rings is 1. The van der Waals surface area contributed by atoms with Gasteiger partial charge in [-0.1, -0.05) is 11.6 Å². The van der Waals surface area contributed by atoms with E-state index < -0.39 is 0 Å². The molecule has 0 fully saturated rings. The smallest absolute Gasteiger partial charge is 0.251 e. The number of halogens is 1. The number of ether oxygens (including phenoxy) is 1. The predicted molar refractivity (Wildman–Crippen MR) is 93.6 cm³/mol. The number of hydrogen-bond acceptors (Lipinski definition) is 3. The second-order valence-corrected chi connectivity index (χ2v) is 6.15. The van der Waals surface area contributed by atoms with Crippen molar-refractivity contribution in [2.45, 2.75) is 26.5 Å². The van der Waals surface area contributed by atoms with Crippen LogP contribution in [0.1, 0.15) is 29.9 Å². The Morgan fingerprint density at radius 1 is 1.29 bits per heavy atom. The third kappa shape index (κ3) is 3.86. The first-order valence-corrected chi connectivity index (χ1v) is 8.07. The van der Waals surface area contributed by atoms with E-state index >= 15 is 0 Å². The van der Waals surface area contributed by atoms with E-state index in [1.165, 1.54) is 0 Å². The standard InChI is InChI=1S/C18H18ClN3O2/c1-12(2)24-16-5-3-13(4-6-16)18(23)20-10-15-11-22-8-7-14(19)9-17(22)21-15/h3-9,11-12H,10H2,1-2H3,(H,20,23). The highest BCUT2D eigenvalue weighted by Gasteiger charge is 2.08. The molecule has 124 valence electrons. The molecule has 24 heavy (non-hydrogen) atoms. The van der Waals surface area contributed by atoms with Gasteiger partial charge in [-0.05, 0) is 50.2 Å². The molecule has 0 radical (unpaired) electrons. The molecule has 2 aromatic heterocycles. The van der Waals surface area contributed by atoms with Crippen LogP contribution in [0, 0.1) is 0 Å². The van der Waals surface area contributed by atoms with Crippen LogP contribution in [0.3, 0.4) is 0 Å². The van der Waals surface area contributed by atoms with Gasteiger partial charge in [0, 0.05) is 23.0 Å². The van der Waals surface area contributed by atoms with Crippen LogP contribution >= 0.6 is 11.6 Å². The second kappa shape index (κ2) is 6.93. The number of hydrogen-bond donors (Lipinski definition) is 1. The van der Waals surface area contributed by atoms with Crippen LogP contribution in [0.5, 0.6) is 5.75 Å². The summed E-state index contributed by atoms with van der Waals surface area (Å²) in [5.74, 6) is 0.597. The fraction of sp³-hybridized carbons (Fsp3) is 0.222. The molecule has 6 heteroatoms. The van der Waals surface area contributed by atoms with E-state index in [0.717, 1.165) is 17.1 Å². The molecule has 0 saturated carbocycles. The molecule has 0 atom stereocenters. The highest BCUT2D eigenvalue weighted by atomic mass is 35.5. The zero-order valence-electron chi connectivity index (χ0n) is 13.5. The average Bonchev–Trinajstić information content (AvgIpc) is 2.94. The van der Waals surface area contributed by atoms with Crippen molar-refractivity contribution in [2.24, 2.45) is 0 Å². The molecule has 3 aromatic rings. The van der Waals surface area contributed by atoms with Crippen LogP contribution < -0.4 is 10.1 Å². The molecule has 0 unspecified atom stereocenters. The summed E-state index contributed by atoms with van der Waals surface area (Å²) in [6.07, 6.45) is 3.81. The van der Waals surface area contributed by atoms with E-state index in [0.29, 0.717) is 17.1 Å². The van der Waals surface area contributed by atoms with E-state index in [1.54, 1.807) is 36.4 Å². The number of pyridine rings is 1. The van der Waals surface area contributed by atoms with Crippen LogP contribution in [0.4, 0.5) is 0 Å². The minimum atomic E-state index is -0.152. The number of rotatable bonds is 5. The van der Waals surface area contributed by atoms with Crippen molar-refractivity contribution >= 4 is 23.2 Å². The van der Waals surface area contributed by atoms with E-state index in [1.807, 2.05) is 30.6 Å². The van der Waals surface area contributed by atoms with E-state index in [2.05, 4.69) is 10.3 Å². The normalized spacial score (nSPS) is 11.0. The number of fused-ring (bicyclic) bond motifs is 1. The van der Waals surface area contributed by atoms with Gasteiger partial charge in [0.15, 0.2) is 0 Å². The molecule has 0 spiro atoms. The van der Waals surface area contributed by atoms with Gasteiger partial charge in [0.25, 0.3) is 5.91 Å². The Hall–Kier alpha value is -2.53. The molecule has 0 bridgehead atoms. The maximum Gasteiger partial charge on any atom is 0.251 e. The summed E-state index contributed by atoms with van der Waals surface area (Å²) < 4.78 is 7.43. The quantitative estimate of drug-likeness (QED) is 0.768. The molecule has 3 rings (SSSR count). The van der Waals surface area contributed by atoms with Crippen LogP contribution in [-0.2, 0) is 6.54 Å². The molecular weight excluding hydrogens is 326 g/mol. The number of aromatic nitrogens is 2. The van der Waals surface area contributed by atoms with Gasteiger partial charge in [0.1, 0.15) is 11.4 Å². The van der Waals surface area contributed by atoms with E-state index in [-0.39, 0.29) is 12.0 Å². The largest absolute Gasteiger partial charge is 0.491 e. The Labute approximate surface area is 145 Å². The molecule has 0 aliphatic rings. The molecule has 1 N–H and O–H groups in total. The molecular formula is C18H18ClN3O2. The lowest BCUT2D eigenvalue weighted by atomic mass is 10.2. The van der Waals surface area contributed by atoms with Gasteiger partial charge in [-0.3, -0.25) is 4.79 Å². The number of nitrogens with one attached hydrogen (secondary N) is 1. The van der Waals surface area contributed by atoms with Crippen LogP contribution in [0.2, 0.25) is 5.02 Å². The summed E-state index contributed by atoms with van der Waals surface area (Å²) in [6.45, 7) is 4.27. The summed E-state index contributed by atoms with van der Waals surface area (Å²) >= 11 is 5.95. The van der Waals surface area contributed by atoms with Gasteiger partial charge in [0.2, 0.25) is 0 Å². The third-order valence-corrected chi connectivity index (χ3v) is 3.63. The zero-order chi connectivity index (χ0) is 17.1. The molecule has 5 nitrogen and oxygen atoms in total. The summed E-state index contributed by atoms with van der Waals surface area (Å²) in [7, 11) is 0. The SMILES string of the molecule is CC(C)Oc1ccc(C(=O)NCc2cn3ccc(Cl)cc3n2)cc1. The maximum absolute atomic E-state index is 12.2. The fourth-order valence-electron chi connectivity index (χ4n) is 2.32. The lowest BCUT2D eigenvalue weighted by Gasteiger charge is -2.10. The van der Waals surface area contributed by atoms with Crippen molar-refractivity contribution in [3.05, 3.63) is 65.1 Å². The van der Waals surface area contributed by atoms with Crippen molar-refractivity contribution < 1.29 is 9.53 Å². The topological polar surface area (TPSA) is 55.6 Å². The van der Waals surface area contributed by atoms with Crippen molar-refractivity contribution in [1.82, 2.24) is 14.7 Å². The first-order chi connectivity index (χ1) is 11.5. The number of nitrogens with zero attached hydrogens (tertiary/aromatic N) is 2. The molecule has 0 saturated heterocycles. The molecule has 1 amide bonds. The van der Waals surface area contributed by atoms with Crippen molar-refractivity contribution in [3.63, 3.8) is 0 Å². The zero-order valence-corrected chi connectivity index (χ0v) is 14.2. The van der Waals surface area contributed by atoms with E-state index in [4.69, 9.17) is 16.3 Å². The molecule has 1 aromatic carbocycles. The Kier molecular flexibility index (Phi) is 4.71. The minimum Gasteiger partial charge on any atom is -0.491 e. The Morgan fingerprint density at radius 3 is 2.75 bits per heavy atom. The van der Waals surface area contributed by atoms with Crippen LogP contribution in [0.15, 0.2) is 48.8 Å². The van der Waals surface area contributed by atoms with Gasteiger partial charge in [0.05, 0.1) is 18.3 Å². The lowest BCUT2D eigenvalue weighted by molar-refractivity contribution is 0.0950. The van der Waals surface area contributed by atoms with Gasteiger partial charge in [-0.15, -0.1) is 0 Å². The predicted octanol–water partition coefficient (Wildman–Crippen LogP) is 3.70. The van der Waals surface area contributed by atoms with Gasteiger partial charge >= 0.3 is 0 Å². The van der Waals surface area contributed by atoms with Gasteiger partial charge in [-0.25, -0.2) is 4.98 Å². The first kappa shape index (κ1) is 16.3. The number of carbonyl (C=O) groups is 1. The summed E-state index contributed by atoms with van der Waals surface area (Å²) in [5, 5.41) is 3.49. The number of amides is 1. The fourth-order valence-corrected chi connectivity index (χ4v) is 2.48. The first-order valence-electron chi connectivity index (χ1n) is 7.69. The second-order valence-electron chi connectivity index (χ2n) is 5.72. The van der Waals surface area contributed by atoms with Gasteiger partial charge < -0.3 is 14.5 Å². The van der Waals surface area contributed by atoms with Crippen molar-refractivity contribution in [2.75, 3.05) is 0 Å². The maximum atomic E-state index is 12.2. The molecule has 0 aliphatic carbocycles. The molecule has 2 heterocycles. The third-order valence-electron chi connectivity index (χ3n) is 3.39. The summed E-state index contributed by atoms with van der Waals surface area (Å²) in [4.78, 5) is 16.6. The van der Waals surface area contributed by atoms with Crippen LogP contribution in [0.25, 0.3) is 5.65 Å². The minimum absolute atomic E-state index is 0.105. The Balaban J connectivity index is 1.63. The van der Waals surface area contributed by atoms with Crippen molar-refractivity contribution in [1.29, 1.82) is 0 Å². The highest BCUT2D eigenvalue weighted by molar-refractivity contribution is 6.30. The molecule has 0 aliphatic heterocycles. The van der Waals surface area contributed by atoms with Crippen LogP contribution in [-0.4, -0.2) is 21.4 Å². The van der Waals surface area contributed by atoms with E-state index in [9.17, 15) is 4.79 Å². The number of carbonyl (C=O) groups excluding carboxylic acids is 1. The van der Waals surface area contributed by atoms with Crippen molar-refractivity contribution in [3.8, 4) is 5.75 Å². The van der Waals surface area contributed by atoms with Gasteiger partial charge in [-0.2, -0.15) is 0 Å². The Morgan fingerprint density at radius 2 is 2.04 bits per heavy atom. The monoisotopic (exact) mass is 343 g/mol.